The molecule has 138 valence electrons. The Kier molecular flexibility index (Phi) is 6.61. The molecule has 0 amide bonds. The van der Waals surface area contributed by atoms with Gasteiger partial charge in [-0.2, -0.15) is 4.57 Å². The Hall–Kier alpha value is -1.51. The fourth-order valence-electron chi connectivity index (χ4n) is 3.52. The summed E-state index contributed by atoms with van der Waals surface area (Å²) in [7, 11) is 0. The Morgan fingerprint density at radius 2 is 1.65 bits per heavy atom. The maximum Gasteiger partial charge on any atom is 0.260 e. The molecule has 0 unspecified atom stereocenters. The molecule has 0 fully saturated rings. The quantitative estimate of drug-likeness (QED) is 0.292. The van der Waals surface area contributed by atoms with Crippen LogP contribution in [0.2, 0.25) is 10.3 Å². The lowest BCUT2D eigenvalue weighted by Crippen LogP contribution is -2.32. The molecular weight excluding hydrogens is 363 g/mol. The molecule has 1 aromatic heterocycles. The van der Waals surface area contributed by atoms with E-state index in [-0.39, 0.29) is 0 Å². The second-order valence-electron chi connectivity index (χ2n) is 6.98. The first-order valence-corrected chi connectivity index (χ1v) is 10.3. The largest absolute Gasteiger partial charge is 0.260 e. The summed E-state index contributed by atoms with van der Waals surface area (Å²) in [6, 6.07) is 12.7. The Morgan fingerprint density at radius 1 is 0.923 bits per heavy atom. The Balaban J connectivity index is 1.85. The molecule has 0 saturated heterocycles. The molecule has 2 aromatic carbocycles. The Bertz CT molecular complexity index is 883. The summed E-state index contributed by atoms with van der Waals surface area (Å²) in [6.07, 6.45) is 9.64. The molecule has 0 aliphatic carbocycles. The van der Waals surface area contributed by atoms with Crippen molar-refractivity contribution in [3.8, 4) is 5.69 Å². The summed E-state index contributed by atoms with van der Waals surface area (Å²) >= 11 is 13.2. The van der Waals surface area contributed by atoms with E-state index in [4.69, 9.17) is 23.2 Å². The zero-order chi connectivity index (χ0) is 18.5. The second-order valence-corrected chi connectivity index (χ2v) is 7.70. The molecule has 3 aromatic rings. The minimum absolute atomic E-state index is 0.581. The lowest BCUT2D eigenvalue weighted by atomic mass is 10.0. The van der Waals surface area contributed by atoms with Crippen LogP contribution in [-0.4, -0.2) is 4.57 Å². The molecule has 2 nitrogen and oxygen atoms in total. The number of halogens is 2. The summed E-state index contributed by atoms with van der Waals surface area (Å²) in [5.74, 6) is 0. The van der Waals surface area contributed by atoms with Gasteiger partial charge in [-0.25, -0.2) is 4.57 Å². The van der Waals surface area contributed by atoms with Crippen LogP contribution >= 0.6 is 23.2 Å². The number of hydrogen-bond donors (Lipinski definition) is 0. The first-order valence-electron chi connectivity index (χ1n) is 9.58. The van der Waals surface area contributed by atoms with Crippen LogP contribution in [0.5, 0.6) is 0 Å². The van der Waals surface area contributed by atoms with Crippen molar-refractivity contribution < 1.29 is 4.57 Å². The average molecular weight is 390 g/mol. The van der Waals surface area contributed by atoms with Gasteiger partial charge in [0, 0.05) is 5.39 Å². The van der Waals surface area contributed by atoms with Crippen LogP contribution in [0.15, 0.2) is 42.7 Å². The topological polar surface area (TPSA) is 8.81 Å². The summed E-state index contributed by atoms with van der Waals surface area (Å²) in [5.41, 5.74) is 2.29. The van der Waals surface area contributed by atoms with Crippen molar-refractivity contribution in [2.75, 3.05) is 0 Å². The van der Waals surface area contributed by atoms with Crippen LogP contribution in [0, 0.1) is 6.92 Å². The third kappa shape index (κ3) is 4.07. The number of aryl methyl sites for hydroxylation is 2. The van der Waals surface area contributed by atoms with Gasteiger partial charge in [0.25, 0.3) is 16.6 Å². The van der Waals surface area contributed by atoms with Gasteiger partial charge < -0.3 is 0 Å². The van der Waals surface area contributed by atoms with Gasteiger partial charge in [-0.15, -0.1) is 0 Å². The van der Waals surface area contributed by atoms with E-state index in [0.717, 1.165) is 18.7 Å². The highest BCUT2D eigenvalue weighted by molar-refractivity contribution is 6.40. The van der Waals surface area contributed by atoms with Gasteiger partial charge in [0.15, 0.2) is 0 Å². The van der Waals surface area contributed by atoms with Gasteiger partial charge in [-0.05, 0) is 53.9 Å². The monoisotopic (exact) mass is 389 g/mol. The molecule has 0 atom stereocenters. The highest BCUT2D eigenvalue weighted by Gasteiger charge is 2.24. The molecule has 0 aliphatic rings. The van der Waals surface area contributed by atoms with Crippen molar-refractivity contribution in [2.45, 2.75) is 58.9 Å². The van der Waals surface area contributed by atoms with Gasteiger partial charge in [0.2, 0.25) is 0 Å². The molecule has 0 saturated carbocycles. The van der Waals surface area contributed by atoms with Gasteiger partial charge in [-0.3, -0.25) is 0 Å². The van der Waals surface area contributed by atoms with Gasteiger partial charge in [0.05, 0.1) is 6.54 Å². The highest BCUT2D eigenvalue weighted by atomic mass is 35.5. The summed E-state index contributed by atoms with van der Waals surface area (Å²) in [4.78, 5) is 0. The maximum absolute atomic E-state index is 6.61. The van der Waals surface area contributed by atoms with E-state index in [1.54, 1.807) is 0 Å². The van der Waals surface area contributed by atoms with E-state index in [2.05, 4.69) is 54.8 Å². The Labute approximate surface area is 166 Å². The predicted molar refractivity (Wildman–Crippen MR) is 112 cm³/mol. The number of aromatic nitrogens is 2. The molecule has 0 N–H and O–H groups in total. The normalized spacial score (nSPS) is 11.4. The van der Waals surface area contributed by atoms with Gasteiger partial charge in [-0.1, -0.05) is 69.0 Å². The van der Waals surface area contributed by atoms with Crippen molar-refractivity contribution in [3.63, 3.8) is 0 Å². The number of hydrogen-bond acceptors (Lipinski definition) is 0. The summed E-state index contributed by atoms with van der Waals surface area (Å²) in [6.45, 7) is 5.27. The third-order valence-electron chi connectivity index (χ3n) is 4.98. The van der Waals surface area contributed by atoms with Crippen molar-refractivity contribution in [1.29, 1.82) is 0 Å². The van der Waals surface area contributed by atoms with E-state index < -0.39 is 0 Å². The maximum atomic E-state index is 6.61. The van der Waals surface area contributed by atoms with E-state index >= 15 is 0 Å². The fraction of sp³-hybridized carbons (Fsp3) is 0.409. The zero-order valence-electron chi connectivity index (χ0n) is 15.6. The fourth-order valence-corrected chi connectivity index (χ4v) is 3.97. The van der Waals surface area contributed by atoms with Gasteiger partial charge in [0.1, 0.15) is 5.69 Å². The van der Waals surface area contributed by atoms with Crippen molar-refractivity contribution in [2.24, 2.45) is 0 Å². The predicted octanol–water partition coefficient (Wildman–Crippen LogP) is 6.89. The second kappa shape index (κ2) is 8.92. The molecule has 0 bridgehead atoms. The summed E-state index contributed by atoms with van der Waals surface area (Å²) < 4.78 is 4.10. The molecule has 26 heavy (non-hydrogen) atoms. The molecule has 1 heterocycles. The first-order chi connectivity index (χ1) is 12.6. The molecule has 0 aliphatic heterocycles. The number of nitrogens with zero attached hydrogens (tertiary/aromatic N) is 2. The van der Waals surface area contributed by atoms with Gasteiger partial charge >= 0.3 is 0 Å². The van der Waals surface area contributed by atoms with Crippen molar-refractivity contribution >= 4 is 34.0 Å². The van der Waals surface area contributed by atoms with Crippen LogP contribution < -0.4 is 4.57 Å². The summed E-state index contributed by atoms with van der Waals surface area (Å²) in [5, 5.41) is 3.59. The number of unbranched alkanes of at least 4 members (excludes halogenated alkanes) is 5. The lowest BCUT2D eigenvalue weighted by Gasteiger charge is -2.07. The van der Waals surface area contributed by atoms with Crippen LogP contribution in [0.3, 0.4) is 0 Å². The SMILES string of the molecule is CCCCCCCC[n+]1cn(-c2c(C)ccc3ccccc23)c(Cl)c1Cl. The van der Waals surface area contributed by atoms with E-state index in [1.807, 2.05) is 10.9 Å². The molecular formula is C22H27Cl2N2+. The highest BCUT2D eigenvalue weighted by Crippen LogP contribution is 2.30. The average Bonchev–Trinajstić information content (AvgIpc) is 2.93. The van der Waals surface area contributed by atoms with Crippen LogP contribution in [0.25, 0.3) is 16.5 Å². The minimum Gasteiger partial charge on any atom is -0.219 e. The van der Waals surface area contributed by atoms with Crippen molar-refractivity contribution in [1.82, 2.24) is 4.57 Å². The smallest absolute Gasteiger partial charge is 0.219 e. The zero-order valence-corrected chi connectivity index (χ0v) is 17.2. The van der Waals surface area contributed by atoms with Crippen LogP contribution in [0.1, 0.15) is 51.0 Å². The lowest BCUT2D eigenvalue weighted by molar-refractivity contribution is -0.694. The minimum atomic E-state index is 0.581. The van der Waals surface area contributed by atoms with E-state index in [9.17, 15) is 0 Å². The molecule has 4 heteroatoms. The van der Waals surface area contributed by atoms with E-state index in [0.29, 0.717) is 10.3 Å². The van der Waals surface area contributed by atoms with E-state index in [1.165, 1.54) is 48.4 Å². The number of imidazole rings is 1. The third-order valence-corrected chi connectivity index (χ3v) is 5.84. The first kappa shape index (κ1) is 19.3. The number of fused-ring (bicyclic) bond motifs is 1. The number of rotatable bonds is 8. The Morgan fingerprint density at radius 3 is 2.46 bits per heavy atom. The number of benzene rings is 2. The van der Waals surface area contributed by atoms with Crippen molar-refractivity contribution in [3.05, 3.63) is 58.6 Å². The van der Waals surface area contributed by atoms with Crippen LogP contribution in [0.4, 0.5) is 0 Å². The van der Waals surface area contributed by atoms with Crippen LogP contribution in [-0.2, 0) is 6.54 Å². The molecule has 3 rings (SSSR count). The molecule has 0 radical (unpaired) electrons. The standard InChI is InChI=1S/C22H27Cl2N2/c1-3-4-5-6-7-10-15-25-16-26(22(24)21(25)23)20-17(2)13-14-18-11-8-9-12-19(18)20/h8-9,11-14,16H,3-7,10,15H2,1-2H3/q+1. The molecule has 0 spiro atoms.